The molecule has 1 aliphatic rings. The Balaban J connectivity index is 1.71. The second kappa shape index (κ2) is 8.63. The molecule has 1 aromatic carbocycles. The summed E-state index contributed by atoms with van der Waals surface area (Å²) in [4.78, 5) is 24.4. The number of non-ortho nitro benzene ring substituents is 1. The van der Waals surface area contributed by atoms with E-state index in [0.29, 0.717) is 25.8 Å². The number of likely N-dealkylation sites (tertiary alicyclic amines) is 1. The van der Waals surface area contributed by atoms with Crippen molar-refractivity contribution in [2.24, 2.45) is 0 Å². The van der Waals surface area contributed by atoms with Gasteiger partial charge >= 0.3 is 0 Å². The van der Waals surface area contributed by atoms with Crippen LogP contribution >= 0.6 is 0 Å². The van der Waals surface area contributed by atoms with E-state index in [0.717, 1.165) is 25.1 Å². The fourth-order valence-electron chi connectivity index (χ4n) is 3.12. The smallest absolute Gasteiger partial charge is 0.269 e. The largest absolute Gasteiger partial charge is 0.393 e. The van der Waals surface area contributed by atoms with Crippen LogP contribution in [0.3, 0.4) is 0 Å². The minimum absolute atomic E-state index is 0.0638. The van der Waals surface area contributed by atoms with Crippen molar-refractivity contribution < 1.29 is 14.8 Å². The van der Waals surface area contributed by atoms with Gasteiger partial charge in [0.25, 0.3) is 5.69 Å². The standard InChI is InChI=1S/C17H25N3O4/c1-13(21)12-16-4-3-11-19(16)17(22)5-2-10-18-14-6-8-15(9-7-14)20(23)24/h6-9,13,16,18,21H,2-5,10-12H2,1H3. The normalized spacial score (nSPS) is 18.4. The van der Waals surface area contributed by atoms with E-state index in [-0.39, 0.29) is 23.7 Å². The number of amides is 1. The van der Waals surface area contributed by atoms with Gasteiger partial charge in [0.15, 0.2) is 0 Å². The molecular weight excluding hydrogens is 310 g/mol. The van der Waals surface area contributed by atoms with E-state index in [1.54, 1.807) is 19.1 Å². The van der Waals surface area contributed by atoms with Crippen LogP contribution in [0.15, 0.2) is 24.3 Å². The second-order valence-electron chi connectivity index (χ2n) is 6.30. The monoisotopic (exact) mass is 335 g/mol. The van der Waals surface area contributed by atoms with Crippen LogP contribution in [0, 0.1) is 10.1 Å². The average molecular weight is 335 g/mol. The Bertz CT molecular complexity index is 559. The first-order valence-electron chi connectivity index (χ1n) is 8.43. The van der Waals surface area contributed by atoms with Crippen molar-refractivity contribution in [2.45, 2.75) is 51.2 Å². The number of nitrogens with one attached hydrogen (secondary N) is 1. The average Bonchev–Trinajstić information content (AvgIpc) is 2.99. The van der Waals surface area contributed by atoms with Crippen molar-refractivity contribution in [3.05, 3.63) is 34.4 Å². The summed E-state index contributed by atoms with van der Waals surface area (Å²) >= 11 is 0. The molecule has 1 fully saturated rings. The minimum Gasteiger partial charge on any atom is -0.393 e. The van der Waals surface area contributed by atoms with E-state index in [9.17, 15) is 20.0 Å². The maximum atomic E-state index is 12.3. The lowest BCUT2D eigenvalue weighted by Gasteiger charge is -2.25. The molecule has 1 aliphatic heterocycles. The highest BCUT2D eigenvalue weighted by Crippen LogP contribution is 2.22. The number of anilines is 1. The highest BCUT2D eigenvalue weighted by molar-refractivity contribution is 5.76. The van der Waals surface area contributed by atoms with E-state index >= 15 is 0 Å². The number of aliphatic hydroxyl groups is 1. The topological polar surface area (TPSA) is 95.7 Å². The summed E-state index contributed by atoms with van der Waals surface area (Å²) in [6, 6.07) is 6.41. The SMILES string of the molecule is CC(O)CC1CCCN1C(=O)CCCNc1ccc([N+](=O)[O-])cc1. The molecular formula is C17H25N3O4. The Morgan fingerprint density at radius 2 is 2.17 bits per heavy atom. The molecule has 0 bridgehead atoms. The number of rotatable bonds is 8. The molecule has 7 heteroatoms. The fourth-order valence-corrected chi connectivity index (χ4v) is 3.12. The Morgan fingerprint density at radius 3 is 2.79 bits per heavy atom. The van der Waals surface area contributed by atoms with Gasteiger partial charge in [0, 0.05) is 43.4 Å². The van der Waals surface area contributed by atoms with Gasteiger partial charge in [-0.2, -0.15) is 0 Å². The van der Waals surface area contributed by atoms with E-state index < -0.39 is 4.92 Å². The molecule has 2 N–H and O–H groups in total. The summed E-state index contributed by atoms with van der Waals surface area (Å²) in [7, 11) is 0. The molecule has 132 valence electrons. The molecule has 0 aliphatic carbocycles. The third-order valence-electron chi connectivity index (χ3n) is 4.29. The quantitative estimate of drug-likeness (QED) is 0.432. The number of benzene rings is 1. The maximum absolute atomic E-state index is 12.3. The van der Waals surface area contributed by atoms with Crippen LogP contribution in [0.25, 0.3) is 0 Å². The number of hydrogen-bond donors (Lipinski definition) is 2. The summed E-state index contributed by atoms with van der Waals surface area (Å²) in [5, 5.41) is 23.3. The first-order valence-corrected chi connectivity index (χ1v) is 8.43. The van der Waals surface area contributed by atoms with Crippen LogP contribution < -0.4 is 5.32 Å². The number of hydrogen-bond acceptors (Lipinski definition) is 5. The highest BCUT2D eigenvalue weighted by Gasteiger charge is 2.28. The van der Waals surface area contributed by atoms with Gasteiger partial charge in [0.05, 0.1) is 11.0 Å². The predicted molar refractivity (Wildman–Crippen MR) is 91.9 cm³/mol. The van der Waals surface area contributed by atoms with E-state index in [2.05, 4.69) is 5.32 Å². The Labute approximate surface area is 141 Å². The van der Waals surface area contributed by atoms with Gasteiger partial charge in [-0.25, -0.2) is 0 Å². The van der Waals surface area contributed by atoms with Crippen LogP contribution in [-0.4, -0.2) is 46.1 Å². The first kappa shape index (κ1) is 18.2. The van der Waals surface area contributed by atoms with Gasteiger partial charge in [-0.15, -0.1) is 0 Å². The van der Waals surface area contributed by atoms with Gasteiger partial charge in [-0.05, 0) is 44.7 Å². The molecule has 24 heavy (non-hydrogen) atoms. The third kappa shape index (κ3) is 5.19. The van der Waals surface area contributed by atoms with E-state index in [1.807, 2.05) is 4.90 Å². The van der Waals surface area contributed by atoms with Crippen LogP contribution in [0.5, 0.6) is 0 Å². The zero-order chi connectivity index (χ0) is 17.5. The number of carbonyl (C=O) groups is 1. The molecule has 2 unspecified atom stereocenters. The van der Waals surface area contributed by atoms with Gasteiger partial charge in [0.1, 0.15) is 0 Å². The first-order chi connectivity index (χ1) is 11.5. The number of nitrogens with zero attached hydrogens (tertiary/aromatic N) is 2. The third-order valence-corrected chi connectivity index (χ3v) is 4.29. The molecule has 0 saturated carbocycles. The maximum Gasteiger partial charge on any atom is 0.269 e. The van der Waals surface area contributed by atoms with Crippen molar-refractivity contribution in [1.82, 2.24) is 4.90 Å². The lowest BCUT2D eigenvalue weighted by molar-refractivity contribution is -0.384. The molecule has 0 aromatic heterocycles. The summed E-state index contributed by atoms with van der Waals surface area (Å²) in [5.41, 5.74) is 0.870. The summed E-state index contributed by atoms with van der Waals surface area (Å²) in [6.45, 7) is 3.18. The number of nitro groups is 1. The zero-order valence-corrected chi connectivity index (χ0v) is 14.0. The van der Waals surface area contributed by atoms with Crippen molar-refractivity contribution in [3.8, 4) is 0 Å². The van der Waals surface area contributed by atoms with Gasteiger partial charge in [-0.3, -0.25) is 14.9 Å². The Hall–Kier alpha value is -2.15. The van der Waals surface area contributed by atoms with Gasteiger partial charge < -0.3 is 15.3 Å². The van der Waals surface area contributed by atoms with Crippen molar-refractivity contribution in [3.63, 3.8) is 0 Å². The lowest BCUT2D eigenvalue weighted by Crippen LogP contribution is -2.37. The van der Waals surface area contributed by atoms with E-state index in [1.165, 1.54) is 12.1 Å². The summed E-state index contributed by atoms with van der Waals surface area (Å²) < 4.78 is 0. The molecule has 2 atom stereocenters. The molecule has 1 amide bonds. The molecule has 1 saturated heterocycles. The second-order valence-corrected chi connectivity index (χ2v) is 6.30. The predicted octanol–water partition coefficient (Wildman–Crippen LogP) is 2.55. The van der Waals surface area contributed by atoms with Crippen LogP contribution in [0.2, 0.25) is 0 Å². The van der Waals surface area contributed by atoms with Crippen LogP contribution in [0.1, 0.15) is 39.0 Å². The molecule has 0 spiro atoms. The number of nitro benzene ring substituents is 1. The van der Waals surface area contributed by atoms with Gasteiger partial charge in [0.2, 0.25) is 5.91 Å². The van der Waals surface area contributed by atoms with Crippen molar-refractivity contribution >= 4 is 17.3 Å². The molecule has 1 heterocycles. The van der Waals surface area contributed by atoms with Crippen molar-refractivity contribution in [2.75, 3.05) is 18.4 Å². The van der Waals surface area contributed by atoms with Crippen LogP contribution in [0.4, 0.5) is 11.4 Å². The highest BCUT2D eigenvalue weighted by atomic mass is 16.6. The molecule has 2 rings (SSSR count). The summed E-state index contributed by atoms with van der Waals surface area (Å²) in [5.74, 6) is 0.142. The summed E-state index contributed by atoms with van der Waals surface area (Å²) in [6.07, 6.45) is 3.41. The number of aliphatic hydroxyl groups excluding tert-OH is 1. The molecule has 7 nitrogen and oxygen atoms in total. The molecule has 0 radical (unpaired) electrons. The Morgan fingerprint density at radius 1 is 1.46 bits per heavy atom. The van der Waals surface area contributed by atoms with Crippen LogP contribution in [-0.2, 0) is 4.79 Å². The molecule has 1 aromatic rings. The Kier molecular flexibility index (Phi) is 6.54. The number of carbonyl (C=O) groups excluding carboxylic acids is 1. The minimum atomic E-state index is -0.428. The van der Waals surface area contributed by atoms with E-state index in [4.69, 9.17) is 0 Å². The fraction of sp³-hybridized carbons (Fsp3) is 0.588. The lowest BCUT2D eigenvalue weighted by atomic mass is 10.1. The van der Waals surface area contributed by atoms with Gasteiger partial charge in [-0.1, -0.05) is 0 Å². The van der Waals surface area contributed by atoms with Crippen molar-refractivity contribution in [1.29, 1.82) is 0 Å². The zero-order valence-electron chi connectivity index (χ0n) is 14.0.